The van der Waals surface area contributed by atoms with E-state index >= 15 is 0 Å². The van der Waals surface area contributed by atoms with Crippen molar-refractivity contribution < 1.29 is 9.47 Å². The smallest absolute Gasteiger partial charge is 0.149 e. The van der Waals surface area contributed by atoms with Crippen LogP contribution in [0.25, 0.3) is 0 Å². The second-order valence-electron chi connectivity index (χ2n) is 3.49. The van der Waals surface area contributed by atoms with Crippen molar-refractivity contribution in [3.63, 3.8) is 0 Å². The van der Waals surface area contributed by atoms with Crippen LogP contribution in [0.2, 0.25) is 0 Å². The third kappa shape index (κ3) is 4.54. The summed E-state index contributed by atoms with van der Waals surface area (Å²) >= 11 is 0. The first-order valence-electron chi connectivity index (χ1n) is 5.54. The van der Waals surface area contributed by atoms with E-state index in [0.29, 0.717) is 13.2 Å². The molecule has 17 heavy (non-hydrogen) atoms. The van der Waals surface area contributed by atoms with Crippen LogP contribution in [0.4, 0.5) is 11.6 Å². The van der Waals surface area contributed by atoms with Crippen LogP contribution in [0.3, 0.4) is 0 Å². The number of aromatic nitrogens is 2. The second-order valence-corrected chi connectivity index (χ2v) is 3.49. The molecular weight excluding hydrogens is 220 g/mol. The summed E-state index contributed by atoms with van der Waals surface area (Å²) < 4.78 is 10.2. The largest absolute Gasteiger partial charge is 0.383 e. The van der Waals surface area contributed by atoms with E-state index in [1.54, 1.807) is 26.6 Å². The first-order chi connectivity index (χ1) is 8.31. The predicted octanol–water partition coefficient (Wildman–Crippen LogP) is 0.617. The van der Waals surface area contributed by atoms with Gasteiger partial charge in [-0.15, -0.1) is 0 Å². The average molecular weight is 240 g/mol. The molecule has 6 nitrogen and oxygen atoms in total. The fraction of sp³-hybridized carbons (Fsp3) is 0.636. The number of hydrogen-bond donors (Lipinski definition) is 1. The van der Waals surface area contributed by atoms with E-state index in [4.69, 9.17) is 9.47 Å². The summed E-state index contributed by atoms with van der Waals surface area (Å²) in [6.45, 7) is 2.83. The number of ether oxygens (including phenoxy) is 2. The Morgan fingerprint density at radius 1 is 1.18 bits per heavy atom. The minimum atomic E-state index is 0.648. The van der Waals surface area contributed by atoms with Crippen molar-refractivity contribution >= 4 is 11.6 Å². The summed E-state index contributed by atoms with van der Waals surface area (Å²) in [5.74, 6) is 1.58. The van der Waals surface area contributed by atoms with Gasteiger partial charge in [0.1, 0.15) is 11.6 Å². The number of hydrogen-bond acceptors (Lipinski definition) is 6. The van der Waals surface area contributed by atoms with E-state index < -0.39 is 0 Å². The van der Waals surface area contributed by atoms with Crippen LogP contribution in [-0.2, 0) is 9.47 Å². The van der Waals surface area contributed by atoms with Crippen LogP contribution in [0, 0.1) is 0 Å². The van der Waals surface area contributed by atoms with Gasteiger partial charge in [-0.2, -0.15) is 0 Å². The van der Waals surface area contributed by atoms with Gasteiger partial charge in [-0.1, -0.05) is 0 Å². The van der Waals surface area contributed by atoms with Gasteiger partial charge in [0, 0.05) is 34.4 Å². The minimum Gasteiger partial charge on any atom is -0.383 e. The minimum absolute atomic E-state index is 0.648. The van der Waals surface area contributed by atoms with Gasteiger partial charge in [0.15, 0.2) is 0 Å². The molecule has 1 N–H and O–H groups in total. The molecule has 0 aliphatic carbocycles. The van der Waals surface area contributed by atoms with Gasteiger partial charge in [0.05, 0.1) is 25.6 Å². The summed E-state index contributed by atoms with van der Waals surface area (Å²) in [4.78, 5) is 10.7. The van der Waals surface area contributed by atoms with Crippen molar-refractivity contribution in [3.8, 4) is 0 Å². The SMILES string of the molecule is CNc1cncc(N(CCOC)CCOC)n1. The maximum atomic E-state index is 5.08. The number of methoxy groups -OCH3 is 2. The van der Waals surface area contributed by atoms with Gasteiger partial charge in [-0.3, -0.25) is 4.98 Å². The molecule has 1 aromatic rings. The van der Waals surface area contributed by atoms with Crippen LogP contribution in [0.15, 0.2) is 12.4 Å². The topological polar surface area (TPSA) is 59.5 Å². The molecule has 1 aromatic heterocycles. The quantitative estimate of drug-likeness (QED) is 0.718. The molecular formula is C11H20N4O2. The zero-order valence-electron chi connectivity index (χ0n) is 10.6. The van der Waals surface area contributed by atoms with Crippen molar-refractivity contribution in [2.45, 2.75) is 0 Å². The summed E-state index contributed by atoms with van der Waals surface area (Å²) in [5, 5.41) is 2.97. The predicted molar refractivity (Wildman–Crippen MR) is 67.5 cm³/mol. The molecule has 0 aromatic carbocycles. The molecule has 96 valence electrons. The average Bonchev–Trinajstić information content (AvgIpc) is 2.39. The van der Waals surface area contributed by atoms with Crippen LogP contribution in [-0.4, -0.2) is 57.5 Å². The molecule has 6 heteroatoms. The van der Waals surface area contributed by atoms with Gasteiger partial charge in [0.2, 0.25) is 0 Å². The molecule has 0 aliphatic heterocycles. The standard InChI is InChI=1S/C11H20N4O2/c1-12-10-8-13-9-11(14-10)15(4-6-16-2)5-7-17-3/h8-9H,4-7H2,1-3H3,(H,12,14). The molecule has 0 atom stereocenters. The first kappa shape index (κ1) is 13.7. The van der Waals surface area contributed by atoms with Crippen molar-refractivity contribution in [3.05, 3.63) is 12.4 Å². The van der Waals surface area contributed by atoms with Crippen LogP contribution in [0.1, 0.15) is 0 Å². The third-order valence-electron chi connectivity index (χ3n) is 2.33. The highest BCUT2D eigenvalue weighted by Gasteiger charge is 2.08. The van der Waals surface area contributed by atoms with Crippen LogP contribution >= 0.6 is 0 Å². The number of rotatable bonds is 8. The number of nitrogens with one attached hydrogen (secondary N) is 1. The molecule has 0 aliphatic rings. The van der Waals surface area contributed by atoms with E-state index in [2.05, 4.69) is 20.2 Å². The molecule has 0 fully saturated rings. The van der Waals surface area contributed by atoms with Gasteiger partial charge >= 0.3 is 0 Å². The Kier molecular flexibility index (Phi) is 6.27. The Labute approximate surface area is 102 Å². The molecule has 1 rings (SSSR count). The van der Waals surface area contributed by atoms with Gasteiger partial charge in [0.25, 0.3) is 0 Å². The van der Waals surface area contributed by atoms with Crippen molar-refractivity contribution in [2.24, 2.45) is 0 Å². The number of anilines is 2. The van der Waals surface area contributed by atoms with Crippen LogP contribution in [0.5, 0.6) is 0 Å². The highest BCUT2D eigenvalue weighted by Crippen LogP contribution is 2.11. The van der Waals surface area contributed by atoms with E-state index in [1.807, 2.05) is 7.05 Å². The second kappa shape index (κ2) is 7.81. The van der Waals surface area contributed by atoms with Crippen molar-refractivity contribution in [1.82, 2.24) is 9.97 Å². The summed E-state index contributed by atoms with van der Waals surface area (Å²) in [6.07, 6.45) is 3.43. The fourth-order valence-corrected chi connectivity index (χ4v) is 1.37. The first-order valence-corrected chi connectivity index (χ1v) is 5.54. The Morgan fingerprint density at radius 2 is 1.82 bits per heavy atom. The van der Waals surface area contributed by atoms with Crippen molar-refractivity contribution in [2.75, 3.05) is 57.8 Å². The van der Waals surface area contributed by atoms with Gasteiger partial charge in [-0.05, 0) is 0 Å². The van der Waals surface area contributed by atoms with Gasteiger partial charge in [-0.25, -0.2) is 4.98 Å². The maximum absolute atomic E-state index is 5.08. The lowest BCUT2D eigenvalue weighted by Gasteiger charge is -2.22. The summed E-state index contributed by atoms with van der Waals surface area (Å²) in [7, 11) is 5.19. The lowest BCUT2D eigenvalue weighted by Crippen LogP contribution is -2.31. The van der Waals surface area contributed by atoms with E-state index in [0.717, 1.165) is 24.7 Å². The van der Waals surface area contributed by atoms with Gasteiger partial charge < -0.3 is 19.7 Å². The normalized spacial score (nSPS) is 10.3. The Bertz CT molecular complexity index is 314. The Hall–Kier alpha value is -1.40. The Morgan fingerprint density at radius 3 is 2.35 bits per heavy atom. The zero-order chi connectivity index (χ0) is 12.5. The molecule has 0 unspecified atom stereocenters. The number of nitrogens with zero attached hydrogens (tertiary/aromatic N) is 3. The lowest BCUT2D eigenvalue weighted by atomic mass is 10.4. The molecule has 0 saturated heterocycles. The third-order valence-corrected chi connectivity index (χ3v) is 2.33. The Balaban J connectivity index is 2.71. The lowest BCUT2D eigenvalue weighted by molar-refractivity contribution is 0.190. The zero-order valence-corrected chi connectivity index (χ0v) is 10.6. The van der Waals surface area contributed by atoms with Crippen molar-refractivity contribution in [1.29, 1.82) is 0 Å². The highest BCUT2D eigenvalue weighted by molar-refractivity contribution is 5.43. The highest BCUT2D eigenvalue weighted by atomic mass is 16.5. The summed E-state index contributed by atoms with van der Waals surface area (Å²) in [6, 6.07) is 0. The van der Waals surface area contributed by atoms with E-state index in [9.17, 15) is 0 Å². The van der Waals surface area contributed by atoms with Crippen LogP contribution < -0.4 is 10.2 Å². The fourth-order valence-electron chi connectivity index (χ4n) is 1.37. The molecule has 1 heterocycles. The molecule has 0 radical (unpaired) electrons. The summed E-state index contributed by atoms with van der Waals surface area (Å²) in [5.41, 5.74) is 0. The molecule has 0 spiro atoms. The van der Waals surface area contributed by atoms with E-state index in [1.165, 1.54) is 0 Å². The monoisotopic (exact) mass is 240 g/mol. The molecule has 0 saturated carbocycles. The molecule has 0 amide bonds. The molecule has 0 bridgehead atoms. The van der Waals surface area contributed by atoms with E-state index in [-0.39, 0.29) is 0 Å². The maximum Gasteiger partial charge on any atom is 0.149 e.